The molecule has 4 heterocycles. The Labute approximate surface area is 159 Å². The minimum absolute atomic E-state index is 0.109. The van der Waals surface area contributed by atoms with E-state index in [9.17, 15) is 4.79 Å². The smallest absolute Gasteiger partial charge is 0.339 e. The topological polar surface area (TPSA) is 82.8 Å². The van der Waals surface area contributed by atoms with Crippen LogP contribution in [0.2, 0.25) is 5.15 Å². The molecule has 8 nitrogen and oxygen atoms in total. The normalized spacial score (nSPS) is 21.6. The molecular formula is C15H14ClIN6O2. The molecule has 3 aliphatic heterocycles. The van der Waals surface area contributed by atoms with Crippen LogP contribution >= 0.6 is 32.9 Å². The van der Waals surface area contributed by atoms with Crippen LogP contribution < -0.4 is 0 Å². The van der Waals surface area contributed by atoms with Gasteiger partial charge < -0.3 is 9.64 Å². The maximum absolute atomic E-state index is 12.2. The van der Waals surface area contributed by atoms with E-state index in [0.717, 1.165) is 25.2 Å². The number of aliphatic imine (C=N–C) groups is 1. The first-order valence-electron chi connectivity index (χ1n) is 7.74. The van der Waals surface area contributed by atoms with Crippen LogP contribution in [-0.2, 0) is 4.74 Å². The summed E-state index contributed by atoms with van der Waals surface area (Å²) in [4.78, 5) is 22.5. The van der Waals surface area contributed by atoms with Gasteiger partial charge in [-0.2, -0.15) is 8.21 Å². The van der Waals surface area contributed by atoms with Crippen LogP contribution in [0.3, 0.4) is 0 Å². The molecule has 1 atom stereocenters. The van der Waals surface area contributed by atoms with E-state index in [4.69, 9.17) is 16.3 Å². The van der Waals surface area contributed by atoms with Gasteiger partial charge in [0, 0.05) is 19.0 Å². The van der Waals surface area contributed by atoms with Gasteiger partial charge in [0.05, 0.1) is 11.6 Å². The third-order valence-corrected chi connectivity index (χ3v) is 5.58. The Morgan fingerprint density at radius 1 is 1.44 bits per heavy atom. The molecule has 0 N–H and O–H groups in total. The Kier molecular flexibility index (Phi) is 4.75. The van der Waals surface area contributed by atoms with Gasteiger partial charge >= 0.3 is 5.97 Å². The molecule has 10 heteroatoms. The van der Waals surface area contributed by atoms with Crippen molar-refractivity contribution < 1.29 is 9.53 Å². The molecule has 0 radical (unpaired) electrons. The predicted octanol–water partition coefficient (Wildman–Crippen LogP) is 2.94. The van der Waals surface area contributed by atoms with E-state index in [1.165, 1.54) is 6.20 Å². The lowest BCUT2D eigenvalue weighted by atomic mass is 10.2. The molecule has 1 aromatic heterocycles. The number of ether oxygens (including phenoxy) is 1. The lowest BCUT2D eigenvalue weighted by Gasteiger charge is -2.32. The van der Waals surface area contributed by atoms with Crippen LogP contribution in [0.1, 0.15) is 23.2 Å². The number of aromatic nitrogens is 1. The van der Waals surface area contributed by atoms with Gasteiger partial charge in [0.1, 0.15) is 17.6 Å². The minimum Gasteiger partial charge on any atom is -0.460 e. The van der Waals surface area contributed by atoms with Crippen LogP contribution in [0.5, 0.6) is 0 Å². The number of guanidine groups is 1. The van der Waals surface area contributed by atoms with Crippen molar-refractivity contribution in [3.63, 3.8) is 0 Å². The van der Waals surface area contributed by atoms with E-state index in [2.05, 4.69) is 21.3 Å². The molecule has 4 rings (SSSR count). The number of hydrogen-bond donors (Lipinski definition) is 0. The highest BCUT2D eigenvalue weighted by atomic mass is 127. The highest BCUT2D eigenvalue weighted by Gasteiger charge is 2.33. The van der Waals surface area contributed by atoms with Gasteiger partial charge in [-0.05, 0) is 31.1 Å². The number of pyridine rings is 1. The number of likely N-dealkylation sites (tertiary alicyclic amines) is 1. The molecule has 0 saturated carbocycles. The molecule has 25 heavy (non-hydrogen) atoms. The molecule has 0 aromatic carbocycles. The first-order chi connectivity index (χ1) is 12.2. The number of carbonyl (C=O) groups is 1. The van der Waals surface area contributed by atoms with Gasteiger partial charge in [-0.1, -0.05) is 11.6 Å². The predicted molar refractivity (Wildman–Crippen MR) is 102 cm³/mol. The lowest BCUT2D eigenvalue weighted by Crippen LogP contribution is -2.41. The number of halogens is 2. The van der Waals surface area contributed by atoms with Crippen molar-refractivity contribution in [2.45, 2.75) is 18.9 Å². The second-order valence-corrected chi connectivity index (χ2v) is 7.34. The second kappa shape index (κ2) is 7.16. The number of nitrogens with zero attached hydrogens (tertiary/aromatic N) is 6. The van der Waals surface area contributed by atoms with E-state index in [-0.39, 0.29) is 6.04 Å². The fraction of sp³-hybridized carbons (Fsp3) is 0.333. The van der Waals surface area contributed by atoms with E-state index in [1.54, 1.807) is 23.4 Å². The third-order valence-electron chi connectivity index (χ3n) is 4.08. The van der Waals surface area contributed by atoms with Crippen LogP contribution in [0.4, 0.5) is 0 Å². The Morgan fingerprint density at radius 3 is 3.20 bits per heavy atom. The maximum atomic E-state index is 12.2. The summed E-state index contributed by atoms with van der Waals surface area (Å²) >= 11 is 5.17. The molecule has 0 spiro atoms. The highest BCUT2D eigenvalue weighted by Crippen LogP contribution is 2.31. The standard InChI is InChI=1S/C15H14ClIN6O2/c16-12-4-3-10(8-19-12)14(24)25-9-11-2-1-7-22(11)13-5-6-18-15-20-17-21-23(13)15/h3-6,8,11H,1-2,7,9H2/t11-/m1/s1. The van der Waals surface area contributed by atoms with Crippen molar-refractivity contribution in [1.82, 2.24) is 14.9 Å². The molecule has 0 unspecified atom stereocenters. The Bertz CT molecular complexity index is 807. The van der Waals surface area contributed by atoms with Gasteiger partial charge in [-0.25, -0.2) is 14.8 Å². The number of hydrogen-bond acceptors (Lipinski definition) is 8. The first kappa shape index (κ1) is 16.6. The summed E-state index contributed by atoms with van der Waals surface area (Å²) in [5, 5.41) is 2.15. The van der Waals surface area contributed by atoms with Crippen LogP contribution in [-0.4, -0.2) is 52.2 Å². The Morgan fingerprint density at radius 2 is 2.36 bits per heavy atom. The van der Waals surface area contributed by atoms with Gasteiger partial charge in [0.15, 0.2) is 21.3 Å². The van der Waals surface area contributed by atoms with Crippen LogP contribution in [0.15, 0.2) is 41.7 Å². The van der Waals surface area contributed by atoms with Gasteiger partial charge in [0.2, 0.25) is 0 Å². The van der Waals surface area contributed by atoms with Crippen molar-refractivity contribution in [3.8, 4) is 0 Å². The lowest BCUT2D eigenvalue weighted by molar-refractivity contribution is 0.0406. The average molecular weight is 473 g/mol. The number of fused-ring (bicyclic) bond motifs is 1. The van der Waals surface area contributed by atoms with Gasteiger partial charge in [-0.15, -0.1) is 3.25 Å². The summed E-state index contributed by atoms with van der Waals surface area (Å²) in [5.41, 5.74) is 0.395. The van der Waals surface area contributed by atoms with Crippen molar-refractivity contribution in [3.05, 3.63) is 40.9 Å². The van der Waals surface area contributed by atoms with Crippen molar-refractivity contribution in [1.29, 1.82) is 0 Å². The zero-order chi connectivity index (χ0) is 17.2. The second-order valence-electron chi connectivity index (χ2n) is 5.61. The van der Waals surface area contributed by atoms with E-state index in [1.807, 2.05) is 6.08 Å². The molecule has 3 aliphatic rings. The van der Waals surface area contributed by atoms with Crippen LogP contribution in [0, 0.1) is 0 Å². The third kappa shape index (κ3) is 3.43. The van der Waals surface area contributed by atoms with E-state index in [0.29, 0.717) is 23.3 Å². The average Bonchev–Trinajstić information content (AvgIpc) is 3.29. The number of rotatable bonds is 4. The molecule has 0 amide bonds. The fourth-order valence-corrected chi connectivity index (χ4v) is 4.23. The first-order valence-corrected chi connectivity index (χ1v) is 10.1. The van der Waals surface area contributed by atoms with Gasteiger partial charge in [0.25, 0.3) is 5.96 Å². The SMILES string of the molecule is O=C(OC[C@H]1CCCN1C1=CC=NC2=NI=NN12)c1ccc(Cl)nc1. The molecule has 1 fully saturated rings. The minimum atomic E-state index is -0.566. The zero-order valence-electron chi connectivity index (χ0n) is 13.0. The Hall–Kier alpha value is -1.88. The quantitative estimate of drug-likeness (QED) is 0.382. The number of carbonyl (C=O) groups excluding carboxylic acids is 1. The number of esters is 1. The highest BCUT2D eigenvalue weighted by molar-refractivity contribution is 14.1. The fourth-order valence-electron chi connectivity index (χ4n) is 2.89. The largest absolute Gasteiger partial charge is 0.460 e. The van der Waals surface area contributed by atoms with Gasteiger partial charge in [-0.3, -0.25) is 0 Å². The summed E-state index contributed by atoms with van der Waals surface area (Å²) in [6.45, 7) is 1.20. The van der Waals surface area contributed by atoms with E-state index >= 15 is 0 Å². The summed E-state index contributed by atoms with van der Waals surface area (Å²) in [5.74, 6) is 1.21. The maximum Gasteiger partial charge on any atom is 0.339 e. The Balaban J connectivity index is 1.42. The van der Waals surface area contributed by atoms with E-state index < -0.39 is 27.3 Å². The van der Waals surface area contributed by atoms with Crippen molar-refractivity contribution in [2.75, 3.05) is 13.2 Å². The molecular weight excluding hydrogens is 459 g/mol. The summed E-state index contributed by atoms with van der Waals surface area (Å²) in [7, 11) is 0. The van der Waals surface area contributed by atoms with Crippen LogP contribution in [0.25, 0.3) is 0 Å². The molecule has 1 saturated heterocycles. The molecule has 130 valence electrons. The molecule has 1 aromatic rings. The molecule has 0 bridgehead atoms. The summed E-state index contributed by atoms with van der Waals surface area (Å²) in [6, 6.07) is 3.29. The summed E-state index contributed by atoms with van der Waals surface area (Å²) in [6.07, 6.45) is 7.09. The number of allylic oxidation sites excluding steroid dienone is 1. The molecule has 0 aliphatic carbocycles. The summed E-state index contributed by atoms with van der Waals surface area (Å²) < 4.78 is 14.3. The monoisotopic (exact) mass is 472 g/mol. The van der Waals surface area contributed by atoms with Crippen molar-refractivity contribution >= 4 is 51.1 Å². The van der Waals surface area contributed by atoms with Crippen molar-refractivity contribution in [2.24, 2.45) is 11.5 Å². The zero-order valence-corrected chi connectivity index (χ0v) is 16.0.